The molecule has 32 heavy (non-hydrogen) atoms. The molecule has 3 N–H and O–H groups in total. The fraction of sp³-hybridized carbons (Fsp3) is 0.654. The molecule has 3 rings (SSSR count). The number of nitrogen functional groups attached to an aromatic ring is 1. The lowest BCUT2D eigenvalue weighted by atomic mass is 9.47. The van der Waals surface area contributed by atoms with E-state index >= 15 is 0 Å². The third-order valence-electron chi connectivity index (χ3n) is 8.79. The Labute approximate surface area is 193 Å². The predicted octanol–water partition coefficient (Wildman–Crippen LogP) is 5.59. The van der Waals surface area contributed by atoms with Crippen LogP contribution in [0.4, 0.5) is 17.3 Å². The number of hydrogen-bond donors (Lipinski definition) is 2. The number of nitrogens with two attached hydrogens (primary N) is 1. The van der Waals surface area contributed by atoms with Crippen molar-refractivity contribution >= 4 is 23.7 Å². The van der Waals surface area contributed by atoms with E-state index in [1.807, 2.05) is 0 Å². The molecule has 6 nitrogen and oxygen atoms in total. The molecule has 2 aliphatic carbocycles. The molecule has 1 amide bonds. The molecule has 2 aliphatic rings. The van der Waals surface area contributed by atoms with E-state index in [0.29, 0.717) is 34.7 Å². The first-order valence-electron chi connectivity index (χ1n) is 12.0. The van der Waals surface area contributed by atoms with Crippen LogP contribution in [0.3, 0.4) is 0 Å². The Morgan fingerprint density at radius 3 is 2.78 bits per heavy atom. The molecule has 0 aromatic carbocycles. The first-order valence-corrected chi connectivity index (χ1v) is 12.0. The summed E-state index contributed by atoms with van der Waals surface area (Å²) in [5, 5.41) is 2.99. The molecular formula is C26H41N5O. The maximum Gasteiger partial charge on any atom is 0.214 e. The van der Waals surface area contributed by atoms with Gasteiger partial charge in [0.15, 0.2) is 11.6 Å². The van der Waals surface area contributed by atoms with E-state index in [2.05, 4.69) is 62.1 Å². The van der Waals surface area contributed by atoms with Gasteiger partial charge in [-0.2, -0.15) is 0 Å². The van der Waals surface area contributed by atoms with Gasteiger partial charge < -0.3 is 16.0 Å². The molecule has 6 heteroatoms. The van der Waals surface area contributed by atoms with Crippen LogP contribution in [-0.4, -0.2) is 30.0 Å². The van der Waals surface area contributed by atoms with Crippen molar-refractivity contribution in [2.45, 2.75) is 73.1 Å². The van der Waals surface area contributed by atoms with Crippen LogP contribution in [0.1, 0.15) is 73.1 Å². The van der Waals surface area contributed by atoms with Gasteiger partial charge >= 0.3 is 0 Å². The number of hydrogen-bond acceptors (Lipinski definition) is 5. The average molecular weight is 440 g/mol. The van der Waals surface area contributed by atoms with E-state index in [9.17, 15) is 4.79 Å². The molecule has 0 spiro atoms. The number of nitrogens with zero attached hydrogens (tertiary/aromatic N) is 3. The Bertz CT molecular complexity index is 894. The number of anilines is 3. The van der Waals surface area contributed by atoms with Gasteiger partial charge in [-0.15, -0.1) is 0 Å². The second kappa shape index (κ2) is 9.63. The molecule has 0 unspecified atom stereocenters. The quantitative estimate of drug-likeness (QED) is 0.407. The third kappa shape index (κ3) is 4.41. The summed E-state index contributed by atoms with van der Waals surface area (Å²) < 4.78 is 0. The average Bonchev–Trinajstić information content (AvgIpc) is 2.78. The summed E-state index contributed by atoms with van der Waals surface area (Å²) in [6.45, 7) is 12.5. The summed E-state index contributed by atoms with van der Waals surface area (Å²) in [5.74, 6) is 2.32. The maximum absolute atomic E-state index is 11.8. The molecule has 1 heterocycles. The first kappa shape index (κ1) is 24.3. The predicted molar refractivity (Wildman–Crippen MR) is 133 cm³/mol. The number of aromatic nitrogens is 2. The van der Waals surface area contributed by atoms with Crippen molar-refractivity contribution < 1.29 is 4.79 Å². The molecule has 176 valence electrons. The van der Waals surface area contributed by atoms with Gasteiger partial charge in [-0.05, 0) is 75.0 Å². The van der Waals surface area contributed by atoms with E-state index < -0.39 is 0 Å². The minimum absolute atomic E-state index is 0.297. The topological polar surface area (TPSA) is 84.1 Å². The monoisotopic (exact) mass is 439 g/mol. The Hall–Kier alpha value is -2.37. The second-order valence-electron chi connectivity index (χ2n) is 10.4. The first-order chi connectivity index (χ1) is 15.2. The number of amides is 1. The summed E-state index contributed by atoms with van der Waals surface area (Å²) in [6.07, 6.45) is 14.2. The van der Waals surface area contributed by atoms with Gasteiger partial charge in [0.1, 0.15) is 12.0 Å². The van der Waals surface area contributed by atoms with Crippen LogP contribution in [0.2, 0.25) is 0 Å². The molecule has 1 saturated carbocycles. The zero-order valence-electron chi connectivity index (χ0n) is 20.7. The van der Waals surface area contributed by atoms with Crippen molar-refractivity contribution in [3.63, 3.8) is 0 Å². The van der Waals surface area contributed by atoms with Crippen molar-refractivity contribution in [1.82, 2.24) is 9.97 Å². The van der Waals surface area contributed by atoms with Gasteiger partial charge in [-0.3, -0.25) is 4.79 Å². The Kier molecular flexibility index (Phi) is 7.31. The fourth-order valence-electron chi connectivity index (χ4n) is 6.20. The second-order valence-corrected chi connectivity index (χ2v) is 10.4. The Balaban J connectivity index is 1.72. The highest BCUT2D eigenvalue weighted by Crippen LogP contribution is 2.61. The van der Waals surface area contributed by atoms with Crippen molar-refractivity contribution in [2.75, 3.05) is 29.5 Å². The molecule has 1 fully saturated rings. The molecule has 0 aliphatic heterocycles. The lowest BCUT2D eigenvalue weighted by Gasteiger charge is -2.58. The van der Waals surface area contributed by atoms with Gasteiger partial charge in [-0.1, -0.05) is 44.1 Å². The van der Waals surface area contributed by atoms with E-state index in [1.54, 1.807) is 17.5 Å². The van der Waals surface area contributed by atoms with E-state index in [4.69, 9.17) is 5.73 Å². The molecular weight excluding hydrogens is 398 g/mol. The third-order valence-corrected chi connectivity index (χ3v) is 8.79. The number of carbonyl (C=O) groups is 1. The van der Waals surface area contributed by atoms with Gasteiger partial charge in [0.25, 0.3) is 0 Å². The number of carbonyl (C=O) groups excluding carboxylic acids is 1. The fourth-order valence-corrected chi connectivity index (χ4v) is 6.20. The minimum Gasteiger partial charge on any atom is -0.382 e. The van der Waals surface area contributed by atoms with Crippen LogP contribution in [-0.2, 0) is 4.79 Å². The lowest BCUT2D eigenvalue weighted by molar-refractivity contribution is -0.107. The van der Waals surface area contributed by atoms with Gasteiger partial charge in [0, 0.05) is 13.6 Å². The van der Waals surface area contributed by atoms with Crippen molar-refractivity contribution in [3.8, 4) is 0 Å². The molecule has 0 radical (unpaired) electrons. The van der Waals surface area contributed by atoms with Gasteiger partial charge in [0.2, 0.25) is 6.41 Å². The largest absolute Gasteiger partial charge is 0.382 e. The highest BCUT2D eigenvalue weighted by molar-refractivity contribution is 5.88. The molecule has 0 bridgehead atoms. The summed E-state index contributed by atoms with van der Waals surface area (Å²) in [5.41, 5.74) is 10.2. The van der Waals surface area contributed by atoms with E-state index in [-0.39, 0.29) is 0 Å². The number of nitrogens with one attached hydrogen (secondary N) is 1. The van der Waals surface area contributed by atoms with Crippen LogP contribution in [0.25, 0.3) is 0 Å². The zero-order chi connectivity index (χ0) is 23.5. The molecule has 1 aromatic heterocycles. The Morgan fingerprint density at radius 1 is 1.34 bits per heavy atom. The lowest BCUT2D eigenvalue weighted by Crippen LogP contribution is -2.49. The van der Waals surface area contributed by atoms with Gasteiger partial charge in [0.05, 0.1) is 0 Å². The Morgan fingerprint density at radius 2 is 2.09 bits per heavy atom. The van der Waals surface area contributed by atoms with Crippen molar-refractivity contribution in [3.05, 3.63) is 29.6 Å². The van der Waals surface area contributed by atoms with Crippen LogP contribution in [0, 0.1) is 22.7 Å². The van der Waals surface area contributed by atoms with Crippen LogP contribution in [0.15, 0.2) is 29.6 Å². The highest BCUT2D eigenvalue weighted by atomic mass is 16.1. The van der Waals surface area contributed by atoms with E-state index in [1.165, 1.54) is 44.0 Å². The summed E-state index contributed by atoms with van der Waals surface area (Å²) in [7, 11) is 1.76. The minimum atomic E-state index is 0.297. The smallest absolute Gasteiger partial charge is 0.214 e. The zero-order valence-corrected chi connectivity index (χ0v) is 20.7. The molecule has 0 saturated heterocycles. The van der Waals surface area contributed by atoms with Crippen LogP contribution >= 0.6 is 0 Å². The van der Waals surface area contributed by atoms with E-state index in [0.717, 1.165) is 24.7 Å². The number of rotatable bonds is 8. The van der Waals surface area contributed by atoms with Crippen molar-refractivity contribution in [2.24, 2.45) is 22.7 Å². The molecule has 4 atom stereocenters. The van der Waals surface area contributed by atoms with Crippen molar-refractivity contribution in [1.29, 1.82) is 0 Å². The summed E-state index contributed by atoms with van der Waals surface area (Å²) >= 11 is 0. The molecule has 1 aromatic rings. The summed E-state index contributed by atoms with van der Waals surface area (Å²) in [6, 6.07) is 0. The maximum atomic E-state index is 11.8. The standard InChI is InChI=1S/C26H41N5O/c1-18(12-15-31(17-32)22-23(27)29-16-30-24(22)28-6)10-13-25(4)20(3)11-14-26(5)19(2)8-7-9-21(25)26/h8,12,16-17,20-21H,7,9-11,13-15H2,1-6H3,(H3,27,28,29,30)/b18-12+/t20-,21+,25+,26+/m1/s1. The van der Waals surface area contributed by atoms with Gasteiger partial charge in [-0.25, -0.2) is 9.97 Å². The highest BCUT2D eigenvalue weighted by Gasteiger charge is 2.52. The van der Waals surface area contributed by atoms with Crippen LogP contribution in [0.5, 0.6) is 0 Å². The number of allylic oxidation sites excluding steroid dienone is 3. The number of fused-ring (bicyclic) bond motifs is 1. The summed E-state index contributed by atoms with van der Waals surface area (Å²) in [4.78, 5) is 21.6. The van der Waals surface area contributed by atoms with Crippen LogP contribution < -0.4 is 16.0 Å². The normalized spacial score (nSPS) is 30.3. The SMILES string of the molecule is CNc1ncnc(N)c1N(C=O)C/C=C(\C)CC[C@@]1(C)[C@H](C)CC[C@@]2(C)C(C)=CCC[C@@H]12.